The molecule has 1 aromatic heterocycles. The highest BCUT2D eigenvalue weighted by atomic mass is 16.3. The number of hydrogen-bond acceptors (Lipinski definition) is 6. The van der Waals surface area contributed by atoms with Crippen molar-refractivity contribution < 1.29 is 9.90 Å². The molecule has 0 bridgehead atoms. The van der Waals surface area contributed by atoms with E-state index in [1.807, 2.05) is 0 Å². The third-order valence-electron chi connectivity index (χ3n) is 1.74. The molecule has 8 heteroatoms. The van der Waals surface area contributed by atoms with Crippen LogP contribution in [0.25, 0.3) is 0 Å². The first-order valence-corrected chi connectivity index (χ1v) is 3.99. The molecule has 1 heterocycles. The number of carbonyl (C=O) groups excluding carboxylic acids is 1. The van der Waals surface area contributed by atoms with E-state index in [0.29, 0.717) is 4.68 Å². The lowest BCUT2D eigenvalue weighted by molar-refractivity contribution is 0.0830. The molecule has 0 radical (unpaired) electrons. The van der Waals surface area contributed by atoms with Crippen molar-refractivity contribution in [3.05, 3.63) is 33.1 Å². The molecule has 0 saturated carbocycles. The van der Waals surface area contributed by atoms with E-state index in [1.165, 1.54) is 0 Å². The normalized spacial score (nSPS) is 12.4. The van der Waals surface area contributed by atoms with Gasteiger partial charge in [-0.3, -0.25) is 9.59 Å². The van der Waals surface area contributed by atoms with Crippen molar-refractivity contribution in [1.82, 2.24) is 9.24 Å². The molecule has 1 unspecified atom stereocenters. The highest BCUT2D eigenvalue weighted by Gasteiger charge is 2.18. The van der Waals surface area contributed by atoms with E-state index in [1.54, 1.807) is 0 Å². The maximum atomic E-state index is 11.4. The first-order valence-electron chi connectivity index (χ1n) is 3.99. The molecule has 5 N–H and O–H groups in total. The van der Waals surface area contributed by atoms with Gasteiger partial charge in [0.2, 0.25) is 0 Å². The first kappa shape index (κ1) is 11.1. The Labute approximate surface area is 83.3 Å². The van der Waals surface area contributed by atoms with E-state index in [0.717, 1.165) is 12.3 Å². The van der Waals surface area contributed by atoms with Gasteiger partial charge in [-0.2, -0.15) is 4.57 Å². The first-order chi connectivity index (χ1) is 6.99. The van der Waals surface area contributed by atoms with Crippen LogP contribution in [0.2, 0.25) is 0 Å². The van der Waals surface area contributed by atoms with Gasteiger partial charge in [0.25, 0.3) is 11.5 Å². The number of aliphatic hydroxyl groups excluding tert-OH is 1. The lowest BCUT2D eigenvalue weighted by Gasteiger charge is -2.08. The van der Waals surface area contributed by atoms with Crippen molar-refractivity contribution in [1.29, 1.82) is 0 Å². The summed E-state index contributed by atoms with van der Waals surface area (Å²) in [7, 11) is 0. The van der Waals surface area contributed by atoms with Crippen molar-refractivity contribution >= 4 is 5.91 Å². The molecule has 82 valence electrons. The number of hydrogen-bond donors (Lipinski definition) is 3. The Balaban J connectivity index is 3.38. The highest BCUT2D eigenvalue weighted by Crippen LogP contribution is 1.81. The van der Waals surface area contributed by atoms with Gasteiger partial charge in [0, 0.05) is 12.3 Å². The Hall–Kier alpha value is -1.93. The largest absolute Gasteiger partial charge is 0.394 e. The van der Waals surface area contributed by atoms with Crippen LogP contribution in [-0.2, 0) is 0 Å². The van der Waals surface area contributed by atoms with Gasteiger partial charge in [-0.25, -0.2) is 9.47 Å². The fourth-order valence-corrected chi connectivity index (χ4v) is 0.939. The molecule has 0 amide bonds. The zero-order chi connectivity index (χ0) is 11.6. The van der Waals surface area contributed by atoms with Crippen LogP contribution in [0.3, 0.4) is 0 Å². The number of aromatic nitrogens is 2. The Morgan fingerprint density at radius 3 is 2.67 bits per heavy atom. The van der Waals surface area contributed by atoms with Gasteiger partial charge in [-0.1, -0.05) is 0 Å². The van der Waals surface area contributed by atoms with Crippen LogP contribution in [-0.4, -0.2) is 32.9 Å². The smallest absolute Gasteiger partial charge is 0.356 e. The number of nitrogens with two attached hydrogens (primary N) is 2. The Bertz CT molecular complexity index is 488. The quantitative estimate of drug-likeness (QED) is 0.441. The summed E-state index contributed by atoms with van der Waals surface area (Å²) in [6.07, 6.45) is 1.03. The molecule has 0 aliphatic carbocycles. The van der Waals surface area contributed by atoms with Gasteiger partial charge < -0.3 is 16.7 Å². The predicted molar refractivity (Wildman–Crippen MR) is 50.8 cm³/mol. The highest BCUT2D eigenvalue weighted by molar-refractivity contribution is 5.83. The lowest BCUT2D eigenvalue weighted by atomic mass is 10.3. The van der Waals surface area contributed by atoms with Gasteiger partial charge in [-0.05, 0) is 0 Å². The molecule has 0 aliphatic rings. The molecular weight excluding hydrogens is 204 g/mol. The Morgan fingerprint density at radius 2 is 2.13 bits per heavy atom. The van der Waals surface area contributed by atoms with Crippen molar-refractivity contribution in [2.24, 2.45) is 5.73 Å². The molecule has 0 spiro atoms. The van der Waals surface area contributed by atoms with Gasteiger partial charge >= 0.3 is 5.69 Å². The SMILES string of the molecule is NC(CO)C(=O)n1c(=O)ccn(N)c1=O. The summed E-state index contributed by atoms with van der Waals surface area (Å²) in [5.41, 5.74) is 3.35. The summed E-state index contributed by atoms with van der Waals surface area (Å²) in [4.78, 5) is 33.9. The zero-order valence-electron chi connectivity index (χ0n) is 7.66. The van der Waals surface area contributed by atoms with E-state index in [9.17, 15) is 14.4 Å². The monoisotopic (exact) mass is 214 g/mol. The molecule has 0 saturated heterocycles. The van der Waals surface area contributed by atoms with Crippen molar-refractivity contribution in [2.75, 3.05) is 12.4 Å². The second kappa shape index (κ2) is 4.07. The van der Waals surface area contributed by atoms with E-state index in [4.69, 9.17) is 16.7 Å². The summed E-state index contributed by atoms with van der Waals surface area (Å²) in [5.74, 6) is 4.16. The number of carbonyl (C=O) groups is 1. The maximum absolute atomic E-state index is 11.4. The molecule has 0 aromatic carbocycles. The Morgan fingerprint density at radius 1 is 1.53 bits per heavy atom. The fraction of sp³-hybridized carbons (Fsp3) is 0.286. The van der Waals surface area contributed by atoms with E-state index in [2.05, 4.69) is 0 Å². The van der Waals surface area contributed by atoms with Crippen molar-refractivity contribution in [3.63, 3.8) is 0 Å². The average Bonchev–Trinajstić information content (AvgIpc) is 2.22. The summed E-state index contributed by atoms with van der Waals surface area (Å²) in [6, 6.07) is -0.374. The predicted octanol–water partition coefficient (Wildman–Crippen LogP) is -3.32. The van der Waals surface area contributed by atoms with Crippen LogP contribution in [0.1, 0.15) is 4.79 Å². The van der Waals surface area contributed by atoms with Gasteiger partial charge in [0.1, 0.15) is 6.04 Å². The van der Waals surface area contributed by atoms with Crippen LogP contribution < -0.4 is 22.8 Å². The summed E-state index contributed by atoms with van der Waals surface area (Å²) in [6.45, 7) is -0.663. The second-order valence-corrected chi connectivity index (χ2v) is 2.81. The van der Waals surface area contributed by atoms with Gasteiger partial charge in [-0.15, -0.1) is 0 Å². The van der Waals surface area contributed by atoms with Crippen LogP contribution in [0.15, 0.2) is 21.9 Å². The van der Waals surface area contributed by atoms with E-state index < -0.39 is 29.8 Å². The van der Waals surface area contributed by atoms with E-state index in [-0.39, 0.29) is 4.57 Å². The molecule has 15 heavy (non-hydrogen) atoms. The van der Waals surface area contributed by atoms with Crippen LogP contribution in [0.4, 0.5) is 0 Å². The maximum Gasteiger partial charge on any atom is 0.356 e. The van der Waals surface area contributed by atoms with Gasteiger partial charge in [0.05, 0.1) is 6.61 Å². The molecule has 1 rings (SSSR count). The summed E-state index contributed by atoms with van der Waals surface area (Å²) >= 11 is 0. The number of nitrogens with zero attached hydrogens (tertiary/aromatic N) is 2. The third kappa shape index (κ3) is 1.95. The average molecular weight is 214 g/mol. The minimum Gasteiger partial charge on any atom is -0.394 e. The van der Waals surface area contributed by atoms with Crippen molar-refractivity contribution in [2.45, 2.75) is 6.04 Å². The summed E-state index contributed by atoms with van der Waals surface area (Å²) in [5, 5.41) is 8.62. The number of nitrogen functional groups attached to an aromatic ring is 1. The van der Waals surface area contributed by atoms with Gasteiger partial charge in [0.15, 0.2) is 0 Å². The van der Waals surface area contributed by atoms with E-state index >= 15 is 0 Å². The molecular formula is C7H10N4O4. The van der Waals surface area contributed by atoms with Crippen LogP contribution in [0, 0.1) is 0 Å². The second-order valence-electron chi connectivity index (χ2n) is 2.81. The molecule has 0 aliphatic heterocycles. The minimum atomic E-state index is -1.32. The zero-order valence-corrected chi connectivity index (χ0v) is 7.66. The number of rotatable bonds is 2. The molecule has 1 aromatic rings. The lowest BCUT2D eigenvalue weighted by Crippen LogP contribution is -2.51. The van der Waals surface area contributed by atoms with Crippen LogP contribution in [0.5, 0.6) is 0 Å². The fourth-order valence-electron chi connectivity index (χ4n) is 0.939. The topological polar surface area (TPSA) is 133 Å². The summed E-state index contributed by atoms with van der Waals surface area (Å²) < 4.78 is 0.851. The molecule has 1 atom stereocenters. The minimum absolute atomic E-state index is 0.279. The Kier molecular flexibility index (Phi) is 3.02. The van der Waals surface area contributed by atoms with Crippen molar-refractivity contribution in [3.8, 4) is 0 Å². The standard InChI is InChI=1S/C7H10N4O4/c8-4(3-12)6(14)11-5(13)1-2-10(9)7(11)15/h1-2,4,12H,3,8-9H2. The number of aliphatic hydroxyl groups is 1. The molecule has 8 nitrogen and oxygen atoms in total. The molecule has 0 fully saturated rings. The third-order valence-corrected chi connectivity index (χ3v) is 1.74. The van der Waals surface area contributed by atoms with Crippen LogP contribution >= 0.6 is 0 Å².